The van der Waals surface area contributed by atoms with Gasteiger partial charge in [-0.2, -0.15) is 0 Å². The number of benzene rings is 8. The SMILES string of the molecule is c1ccc(-c2cc(-c3ccccc3)nc(-n3c4c5c(ccc4c4ccc6ccccc6c43)C3(c4ccccc4O5)c4ccccc4-c4ccccc43)c2)cc1. The molecule has 1 aliphatic heterocycles. The van der Waals surface area contributed by atoms with Crippen LogP contribution >= 0.6 is 0 Å². The summed E-state index contributed by atoms with van der Waals surface area (Å²) in [5.41, 5.74) is 13.1. The third kappa shape index (κ3) is 4.12. The predicted octanol–water partition coefficient (Wildman–Crippen LogP) is 13.1. The summed E-state index contributed by atoms with van der Waals surface area (Å²) in [7, 11) is 0. The van der Waals surface area contributed by atoms with E-state index in [1.165, 1.54) is 33.0 Å². The topological polar surface area (TPSA) is 27.1 Å². The van der Waals surface area contributed by atoms with Gasteiger partial charge in [-0.05, 0) is 57.0 Å². The van der Waals surface area contributed by atoms with E-state index in [1.54, 1.807) is 0 Å². The highest BCUT2D eigenvalue weighted by atomic mass is 16.5. The summed E-state index contributed by atoms with van der Waals surface area (Å²) < 4.78 is 9.68. The Morgan fingerprint density at radius 2 is 1.02 bits per heavy atom. The molecule has 0 saturated heterocycles. The molecule has 10 aromatic rings. The fourth-order valence-corrected chi connectivity index (χ4v) is 9.58. The van der Waals surface area contributed by atoms with Crippen molar-refractivity contribution in [1.82, 2.24) is 9.55 Å². The molecule has 256 valence electrons. The Kier molecular flexibility index (Phi) is 6.26. The zero-order chi connectivity index (χ0) is 36.1. The normalized spacial score (nSPS) is 13.4. The summed E-state index contributed by atoms with van der Waals surface area (Å²) in [4.78, 5) is 5.54. The van der Waals surface area contributed by atoms with Crippen LogP contribution in [-0.2, 0) is 5.41 Å². The van der Waals surface area contributed by atoms with E-state index in [1.807, 2.05) is 0 Å². The summed E-state index contributed by atoms with van der Waals surface area (Å²) in [6.45, 7) is 0. The molecule has 0 radical (unpaired) electrons. The maximum Gasteiger partial charge on any atom is 0.156 e. The Morgan fingerprint density at radius 1 is 0.418 bits per heavy atom. The van der Waals surface area contributed by atoms with E-state index in [-0.39, 0.29) is 0 Å². The minimum absolute atomic E-state index is 0.580. The van der Waals surface area contributed by atoms with Gasteiger partial charge in [0.2, 0.25) is 0 Å². The third-order valence-corrected chi connectivity index (χ3v) is 11.8. The lowest BCUT2D eigenvalue weighted by Crippen LogP contribution is -2.32. The van der Waals surface area contributed by atoms with Crippen LogP contribution in [-0.4, -0.2) is 9.55 Å². The van der Waals surface area contributed by atoms with Crippen LogP contribution in [0, 0.1) is 0 Å². The number of pyridine rings is 1. The van der Waals surface area contributed by atoms with E-state index < -0.39 is 5.41 Å². The number of nitrogens with zero attached hydrogens (tertiary/aromatic N) is 2. The van der Waals surface area contributed by atoms with Crippen LogP contribution in [0.4, 0.5) is 0 Å². The van der Waals surface area contributed by atoms with Gasteiger partial charge < -0.3 is 4.74 Å². The maximum atomic E-state index is 7.29. The zero-order valence-corrected chi connectivity index (χ0v) is 29.8. The third-order valence-electron chi connectivity index (χ3n) is 11.8. The molecule has 1 spiro atoms. The Hall–Kier alpha value is -7.23. The Labute approximate surface area is 318 Å². The highest BCUT2D eigenvalue weighted by Crippen LogP contribution is 2.63. The van der Waals surface area contributed by atoms with Gasteiger partial charge in [-0.1, -0.05) is 176 Å². The van der Waals surface area contributed by atoms with Crippen LogP contribution in [0.3, 0.4) is 0 Å². The Bertz CT molecular complexity index is 3070. The molecule has 2 aromatic heterocycles. The van der Waals surface area contributed by atoms with E-state index in [0.29, 0.717) is 0 Å². The number of hydrogen-bond acceptors (Lipinski definition) is 2. The molecule has 0 amide bonds. The Balaban J connectivity index is 1.27. The van der Waals surface area contributed by atoms with Crippen LogP contribution in [0.25, 0.3) is 71.9 Å². The molecule has 0 saturated carbocycles. The average Bonchev–Trinajstić information content (AvgIpc) is 3.76. The lowest BCUT2D eigenvalue weighted by atomic mass is 9.66. The van der Waals surface area contributed by atoms with Gasteiger partial charge in [0.1, 0.15) is 11.6 Å². The quantitative estimate of drug-likeness (QED) is 0.183. The summed E-state index contributed by atoms with van der Waals surface area (Å²) >= 11 is 0. The number of para-hydroxylation sites is 1. The number of aromatic nitrogens is 2. The van der Waals surface area contributed by atoms with Crippen molar-refractivity contribution < 1.29 is 4.74 Å². The first-order valence-electron chi connectivity index (χ1n) is 18.9. The molecule has 0 N–H and O–H groups in total. The van der Waals surface area contributed by atoms with Gasteiger partial charge in [0, 0.05) is 32.8 Å². The molecule has 0 bridgehead atoms. The standard InChI is InChI=1S/C52H32N2O/c1-3-15-33(16-4-1)36-31-46(35-18-5-2-6-19-35)53-48(32-36)54-49-37-20-8-7-17-34(37)27-28-40(49)41-29-30-45-51(50(41)54)55-47-26-14-13-25-44(47)52(45)42-23-11-9-21-38(42)39-22-10-12-24-43(39)52/h1-32H. The molecule has 12 rings (SSSR count). The molecule has 8 aromatic carbocycles. The van der Waals surface area contributed by atoms with Gasteiger partial charge in [-0.3, -0.25) is 4.57 Å². The highest BCUT2D eigenvalue weighted by Gasteiger charge is 2.51. The highest BCUT2D eigenvalue weighted by molar-refractivity contribution is 6.20. The fraction of sp³-hybridized carbons (Fsp3) is 0.0192. The van der Waals surface area contributed by atoms with Crippen LogP contribution in [0.5, 0.6) is 11.5 Å². The smallest absolute Gasteiger partial charge is 0.156 e. The van der Waals surface area contributed by atoms with Crippen molar-refractivity contribution in [1.29, 1.82) is 0 Å². The Morgan fingerprint density at radius 3 is 1.78 bits per heavy atom. The van der Waals surface area contributed by atoms with E-state index in [4.69, 9.17) is 9.72 Å². The fourth-order valence-electron chi connectivity index (χ4n) is 9.58. The number of fused-ring (bicyclic) bond motifs is 15. The van der Waals surface area contributed by atoms with Crippen molar-refractivity contribution in [3.8, 4) is 50.8 Å². The van der Waals surface area contributed by atoms with Gasteiger partial charge in [-0.15, -0.1) is 0 Å². The van der Waals surface area contributed by atoms with Crippen molar-refractivity contribution in [3.05, 3.63) is 216 Å². The van der Waals surface area contributed by atoms with E-state index in [9.17, 15) is 0 Å². The first-order valence-corrected chi connectivity index (χ1v) is 18.9. The second-order valence-electron chi connectivity index (χ2n) is 14.6. The van der Waals surface area contributed by atoms with Crippen LogP contribution in [0.15, 0.2) is 194 Å². The monoisotopic (exact) mass is 700 g/mol. The largest absolute Gasteiger partial charge is 0.454 e. The van der Waals surface area contributed by atoms with Gasteiger partial charge >= 0.3 is 0 Å². The van der Waals surface area contributed by atoms with Crippen molar-refractivity contribution in [2.75, 3.05) is 0 Å². The predicted molar refractivity (Wildman–Crippen MR) is 224 cm³/mol. The summed E-state index contributed by atoms with van der Waals surface area (Å²) in [5, 5.41) is 4.63. The molecule has 0 unspecified atom stereocenters. The van der Waals surface area contributed by atoms with Crippen LogP contribution in [0.1, 0.15) is 22.3 Å². The van der Waals surface area contributed by atoms with Crippen molar-refractivity contribution in [3.63, 3.8) is 0 Å². The number of hydrogen-bond donors (Lipinski definition) is 0. The molecule has 3 nitrogen and oxygen atoms in total. The lowest BCUT2D eigenvalue weighted by Gasteiger charge is -2.39. The first-order chi connectivity index (χ1) is 27.3. The van der Waals surface area contributed by atoms with Gasteiger partial charge in [0.15, 0.2) is 5.75 Å². The molecular weight excluding hydrogens is 669 g/mol. The molecular formula is C52H32N2O. The molecule has 3 heteroatoms. The first kappa shape index (κ1) is 30.3. The van der Waals surface area contributed by atoms with Gasteiger partial charge in [0.05, 0.1) is 22.1 Å². The molecule has 2 aliphatic rings. The van der Waals surface area contributed by atoms with E-state index in [2.05, 4.69) is 199 Å². The molecule has 55 heavy (non-hydrogen) atoms. The number of rotatable bonds is 3. The van der Waals surface area contributed by atoms with Crippen molar-refractivity contribution >= 4 is 32.6 Å². The van der Waals surface area contributed by atoms with E-state index in [0.717, 1.165) is 72.6 Å². The molecule has 0 atom stereocenters. The van der Waals surface area contributed by atoms with Gasteiger partial charge in [-0.25, -0.2) is 4.98 Å². The molecule has 1 aliphatic carbocycles. The summed E-state index contributed by atoms with van der Waals surface area (Å²) in [6.07, 6.45) is 0. The zero-order valence-electron chi connectivity index (χ0n) is 29.8. The van der Waals surface area contributed by atoms with Crippen molar-refractivity contribution in [2.24, 2.45) is 0 Å². The lowest BCUT2D eigenvalue weighted by molar-refractivity contribution is 0.440. The molecule has 0 fully saturated rings. The molecule has 3 heterocycles. The van der Waals surface area contributed by atoms with Crippen LogP contribution in [0.2, 0.25) is 0 Å². The van der Waals surface area contributed by atoms with E-state index >= 15 is 0 Å². The minimum Gasteiger partial charge on any atom is -0.454 e. The van der Waals surface area contributed by atoms with Gasteiger partial charge in [0.25, 0.3) is 0 Å². The average molecular weight is 701 g/mol. The second-order valence-corrected chi connectivity index (χ2v) is 14.6. The second kappa shape index (κ2) is 11.4. The van der Waals surface area contributed by atoms with Crippen LogP contribution < -0.4 is 4.74 Å². The summed E-state index contributed by atoms with van der Waals surface area (Å²) in [5.74, 6) is 2.57. The van der Waals surface area contributed by atoms with Crippen molar-refractivity contribution in [2.45, 2.75) is 5.41 Å². The number of ether oxygens (including phenoxy) is 1. The minimum atomic E-state index is -0.580. The summed E-state index contributed by atoms with van der Waals surface area (Å²) in [6, 6.07) is 69.9. The maximum absolute atomic E-state index is 7.29.